The molecule has 0 aromatic heterocycles. The number of benzene rings is 1. The largest absolute Gasteiger partial charge is 0.378 e. The van der Waals surface area contributed by atoms with Crippen LogP contribution in [0.15, 0.2) is 35.9 Å². The average Bonchev–Trinajstić information content (AvgIpc) is 2.18. The molecule has 0 fully saturated rings. The standard InChI is InChI=1S/C12H17ClN2/c1-10(13)8-14-9-11-4-6-12(7-5-11)15(2)3/h4-7,14H,1,8-9H2,2-3H3. The monoisotopic (exact) mass is 224 g/mol. The maximum atomic E-state index is 5.65. The fourth-order valence-electron chi connectivity index (χ4n) is 1.25. The molecule has 0 atom stereocenters. The lowest BCUT2D eigenvalue weighted by molar-refractivity contribution is 0.755. The van der Waals surface area contributed by atoms with Crippen LogP contribution >= 0.6 is 11.6 Å². The van der Waals surface area contributed by atoms with Gasteiger partial charge in [0.25, 0.3) is 0 Å². The van der Waals surface area contributed by atoms with Crippen molar-refractivity contribution < 1.29 is 0 Å². The summed E-state index contributed by atoms with van der Waals surface area (Å²) in [7, 11) is 4.06. The molecule has 0 unspecified atom stereocenters. The highest BCUT2D eigenvalue weighted by molar-refractivity contribution is 6.29. The van der Waals surface area contributed by atoms with E-state index >= 15 is 0 Å². The summed E-state index contributed by atoms with van der Waals surface area (Å²) in [6.45, 7) is 5.09. The maximum Gasteiger partial charge on any atom is 0.0361 e. The van der Waals surface area contributed by atoms with Crippen LogP contribution in [0.2, 0.25) is 0 Å². The molecular weight excluding hydrogens is 208 g/mol. The van der Waals surface area contributed by atoms with Gasteiger partial charge in [0, 0.05) is 37.9 Å². The van der Waals surface area contributed by atoms with Crippen molar-refractivity contribution in [3.8, 4) is 0 Å². The van der Waals surface area contributed by atoms with Crippen molar-refractivity contribution in [1.82, 2.24) is 5.32 Å². The molecule has 0 saturated carbocycles. The zero-order chi connectivity index (χ0) is 11.3. The maximum absolute atomic E-state index is 5.65. The number of nitrogens with one attached hydrogen (secondary N) is 1. The first kappa shape index (κ1) is 12.1. The van der Waals surface area contributed by atoms with Gasteiger partial charge in [0.1, 0.15) is 0 Å². The first-order valence-corrected chi connectivity index (χ1v) is 5.27. The summed E-state index contributed by atoms with van der Waals surface area (Å²) in [6.07, 6.45) is 0. The SMILES string of the molecule is C=C(Cl)CNCc1ccc(N(C)C)cc1. The third kappa shape index (κ3) is 4.36. The van der Waals surface area contributed by atoms with E-state index < -0.39 is 0 Å². The van der Waals surface area contributed by atoms with E-state index in [9.17, 15) is 0 Å². The Kier molecular flexibility index (Phi) is 4.66. The van der Waals surface area contributed by atoms with Gasteiger partial charge in [-0.05, 0) is 17.7 Å². The Morgan fingerprint density at radius 3 is 2.40 bits per heavy atom. The van der Waals surface area contributed by atoms with Gasteiger partial charge in [-0.15, -0.1) is 0 Å². The Bertz CT molecular complexity index is 317. The number of halogens is 1. The molecule has 0 radical (unpaired) electrons. The van der Waals surface area contributed by atoms with Gasteiger partial charge in [0.2, 0.25) is 0 Å². The van der Waals surface area contributed by atoms with Crippen LogP contribution in [0.25, 0.3) is 0 Å². The Morgan fingerprint density at radius 1 is 1.33 bits per heavy atom. The molecule has 1 N–H and O–H groups in total. The molecule has 0 aliphatic carbocycles. The molecule has 82 valence electrons. The van der Waals surface area contributed by atoms with Gasteiger partial charge in [-0.2, -0.15) is 0 Å². The van der Waals surface area contributed by atoms with Crippen molar-refractivity contribution >= 4 is 17.3 Å². The van der Waals surface area contributed by atoms with Crippen molar-refractivity contribution in [2.45, 2.75) is 6.54 Å². The van der Waals surface area contributed by atoms with E-state index in [2.05, 4.69) is 41.1 Å². The molecule has 0 bridgehead atoms. The summed E-state index contributed by atoms with van der Waals surface area (Å²) < 4.78 is 0. The Hall–Kier alpha value is -0.990. The van der Waals surface area contributed by atoms with E-state index in [4.69, 9.17) is 11.6 Å². The average molecular weight is 225 g/mol. The van der Waals surface area contributed by atoms with Crippen molar-refractivity contribution in [1.29, 1.82) is 0 Å². The van der Waals surface area contributed by atoms with Gasteiger partial charge in [0.15, 0.2) is 0 Å². The van der Waals surface area contributed by atoms with Crippen LogP contribution in [0.3, 0.4) is 0 Å². The van der Waals surface area contributed by atoms with E-state index in [1.165, 1.54) is 11.3 Å². The fraction of sp³-hybridized carbons (Fsp3) is 0.333. The topological polar surface area (TPSA) is 15.3 Å². The molecule has 0 heterocycles. The Morgan fingerprint density at radius 2 is 1.93 bits per heavy atom. The second-order valence-corrected chi connectivity index (χ2v) is 4.22. The van der Waals surface area contributed by atoms with Gasteiger partial charge in [0.05, 0.1) is 0 Å². The molecule has 0 amide bonds. The Balaban J connectivity index is 2.46. The molecule has 1 aromatic rings. The summed E-state index contributed by atoms with van der Waals surface area (Å²) in [5.41, 5.74) is 2.46. The first-order chi connectivity index (χ1) is 7.09. The number of nitrogens with zero attached hydrogens (tertiary/aromatic N) is 1. The number of anilines is 1. The normalized spacial score (nSPS) is 10.1. The third-order valence-electron chi connectivity index (χ3n) is 2.10. The summed E-state index contributed by atoms with van der Waals surface area (Å²) >= 11 is 5.65. The van der Waals surface area contributed by atoms with Crippen LogP contribution in [-0.2, 0) is 6.54 Å². The van der Waals surface area contributed by atoms with Gasteiger partial charge in [-0.1, -0.05) is 30.3 Å². The van der Waals surface area contributed by atoms with Crippen molar-refractivity contribution in [2.75, 3.05) is 25.5 Å². The van der Waals surface area contributed by atoms with Gasteiger partial charge < -0.3 is 10.2 Å². The van der Waals surface area contributed by atoms with Crippen molar-refractivity contribution in [2.24, 2.45) is 0 Å². The summed E-state index contributed by atoms with van der Waals surface area (Å²) in [6, 6.07) is 8.43. The smallest absolute Gasteiger partial charge is 0.0361 e. The quantitative estimate of drug-likeness (QED) is 0.827. The molecule has 1 rings (SSSR count). The zero-order valence-corrected chi connectivity index (χ0v) is 10.0. The minimum absolute atomic E-state index is 0.639. The lowest BCUT2D eigenvalue weighted by atomic mass is 10.2. The van der Waals surface area contributed by atoms with Crippen LogP contribution in [0.1, 0.15) is 5.56 Å². The summed E-state index contributed by atoms with van der Waals surface area (Å²) in [5, 5.41) is 3.84. The predicted molar refractivity (Wildman–Crippen MR) is 67.5 cm³/mol. The van der Waals surface area contributed by atoms with Gasteiger partial charge in [-0.25, -0.2) is 0 Å². The highest BCUT2D eigenvalue weighted by Crippen LogP contribution is 2.11. The molecule has 2 nitrogen and oxygen atoms in total. The second-order valence-electron chi connectivity index (χ2n) is 3.68. The van der Waals surface area contributed by atoms with Crippen molar-refractivity contribution in [3.05, 3.63) is 41.4 Å². The lowest BCUT2D eigenvalue weighted by Gasteiger charge is -2.12. The number of hydrogen-bond donors (Lipinski definition) is 1. The summed E-state index contributed by atoms with van der Waals surface area (Å²) in [4.78, 5) is 2.08. The number of rotatable bonds is 5. The van der Waals surface area contributed by atoms with E-state index in [1.807, 2.05) is 14.1 Å². The predicted octanol–water partition coefficient (Wildman–Crippen LogP) is 2.59. The first-order valence-electron chi connectivity index (χ1n) is 4.90. The lowest BCUT2D eigenvalue weighted by Crippen LogP contribution is -2.14. The molecule has 0 aliphatic heterocycles. The number of hydrogen-bond acceptors (Lipinski definition) is 2. The minimum Gasteiger partial charge on any atom is -0.378 e. The molecule has 0 saturated heterocycles. The van der Waals surface area contributed by atoms with E-state index in [0.717, 1.165) is 6.54 Å². The van der Waals surface area contributed by atoms with E-state index in [-0.39, 0.29) is 0 Å². The van der Waals surface area contributed by atoms with Gasteiger partial charge >= 0.3 is 0 Å². The molecule has 3 heteroatoms. The van der Waals surface area contributed by atoms with E-state index in [1.54, 1.807) is 0 Å². The highest BCUT2D eigenvalue weighted by Gasteiger charge is 1.96. The molecule has 1 aromatic carbocycles. The fourth-order valence-corrected chi connectivity index (χ4v) is 1.35. The van der Waals surface area contributed by atoms with Crippen molar-refractivity contribution in [3.63, 3.8) is 0 Å². The van der Waals surface area contributed by atoms with Crippen LogP contribution in [-0.4, -0.2) is 20.6 Å². The van der Waals surface area contributed by atoms with Gasteiger partial charge in [-0.3, -0.25) is 0 Å². The molecular formula is C12H17ClN2. The van der Waals surface area contributed by atoms with Crippen LogP contribution < -0.4 is 10.2 Å². The van der Waals surface area contributed by atoms with Crippen LogP contribution in [0.4, 0.5) is 5.69 Å². The molecule has 15 heavy (non-hydrogen) atoms. The summed E-state index contributed by atoms with van der Waals surface area (Å²) in [5.74, 6) is 0. The van der Waals surface area contributed by atoms with Crippen LogP contribution in [0, 0.1) is 0 Å². The minimum atomic E-state index is 0.639. The molecule has 0 aliphatic rings. The second kappa shape index (κ2) is 5.79. The zero-order valence-electron chi connectivity index (χ0n) is 9.26. The van der Waals surface area contributed by atoms with E-state index in [0.29, 0.717) is 11.6 Å². The Labute approximate surface area is 96.5 Å². The highest BCUT2D eigenvalue weighted by atomic mass is 35.5. The molecule has 0 spiro atoms. The third-order valence-corrected chi connectivity index (χ3v) is 2.23. The van der Waals surface area contributed by atoms with Crippen LogP contribution in [0.5, 0.6) is 0 Å².